The van der Waals surface area contributed by atoms with Gasteiger partial charge in [-0.1, -0.05) is 24.3 Å². The van der Waals surface area contributed by atoms with E-state index in [2.05, 4.69) is 73.1 Å². The standard InChI is InChI=1S/C15H9IN2/c16-18-13-6-3-7-17-15(13)12-8-10-4-1-2-5-11(10)9-14(12)18/h1-9H. The van der Waals surface area contributed by atoms with E-state index in [4.69, 9.17) is 0 Å². The zero-order valence-electron chi connectivity index (χ0n) is 9.47. The third kappa shape index (κ3) is 1.31. The summed E-state index contributed by atoms with van der Waals surface area (Å²) in [5, 5.41) is 3.75. The van der Waals surface area contributed by atoms with Gasteiger partial charge in [-0.2, -0.15) is 0 Å². The maximum absolute atomic E-state index is 4.51. The summed E-state index contributed by atoms with van der Waals surface area (Å²) in [5.74, 6) is 0. The Morgan fingerprint density at radius 3 is 2.50 bits per heavy atom. The largest absolute Gasteiger partial charge is 0.280 e. The van der Waals surface area contributed by atoms with Crippen LogP contribution in [-0.2, 0) is 0 Å². The van der Waals surface area contributed by atoms with E-state index in [0.717, 1.165) is 5.52 Å². The van der Waals surface area contributed by atoms with Crippen molar-refractivity contribution in [2.24, 2.45) is 0 Å². The molecule has 0 spiro atoms. The van der Waals surface area contributed by atoms with Crippen molar-refractivity contribution in [2.45, 2.75) is 0 Å². The van der Waals surface area contributed by atoms with Gasteiger partial charge in [-0.05, 0) is 35.0 Å². The molecule has 0 atom stereocenters. The van der Waals surface area contributed by atoms with Crippen LogP contribution >= 0.6 is 22.9 Å². The minimum atomic E-state index is 1.08. The van der Waals surface area contributed by atoms with Crippen molar-refractivity contribution >= 4 is 55.6 Å². The highest BCUT2D eigenvalue weighted by molar-refractivity contribution is 14.1. The molecule has 4 rings (SSSR count). The lowest BCUT2D eigenvalue weighted by molar-refractivity contribution is 1.41. The number of rotatable bonds is 0. The normalized spacial score (nSPS) is 11.6. The van der Waals surface area contributed by atoms with E-state index in [9.17, 15) is 0 Å². The van der Waals surface area contributed by atoms with Gasteiger partial charge in [0.25, 0.3) is 0 Å². The van der Waals surface area contributed by atoms with Crippen LogP contribution in [-0.4, -0.2) is 7.76 Å². The van der Waals surface area contributed by atoms with Crippen LogP contribution in [0.2, 0.25) is 0 Å². The molecule has 0 saturated heterocycles. The van der Waals surface area contributed by atoms with Crippen LogP contribution in [0.25, 0.3) is 32.7 Å². The van der Waals surface area contributed by atoms with Gasteiger partial charge in [0.1, 0.15) is 0 Å². The topological polar surface area (TPSA) is 17.8 Å². The lowest BCUT2D eigenvalue weighted by atomic mass is 10.1. The fourth-order valence-corrected chi connectivity index (χ4v) is 3.26. The summed E-state index contributed by atoms with van der Waals surface area (Å²) < 4.78 is 2.18. The average molecular weight is 344 g/mol. The summed E-state index contributed by atoms with van der Waals surface area (Å²) >= 11 is 2.34. The number of halogens is 1. The van der Waals surface area contributed by atoms with Gasteiger partial charge in [-0.3, -0.25) is 7.76 Å². The van der Waals surface area contributed by atoms with Gasteiger partial charge in [-0.25, -0.2) is 0 Å². The van der Waals surface area contributed by atoms with Crippen LogP contribution in [0.5, 0.6) is 0 Å². The Bertz CT molecular complexity index is 893. The number of fused-ring (bicyclic) bond motifs is 4. The van der Waals surface area contributed by atoms with Gasteiger partial charge < -0.3 is 0 Å². The maximum atomic E-state index is 4.51. The highest BCUT2D eigenvalue weighted by Gasteiger charge is 2.10. The maximum Gasteiger partial charge on any atom is 0.0967 e. The van der Waals surface area contributed by atoms with Crippen molar-refractivity contribution in [2.75, 3.05) is 0 Å². The second-order valence-corrected chi connectivity index (χ2v) is 5.33. The Balaban J connectivity index is 2.32. The summed E-state index contributed by atoms with van der Waals surface area (Å²) in [6.07, 6.45) is 1.85. The molecular weight excluding hydrogens is 335 g/mol. The first-order valence-corrected chi connectivity index (χ1v) is 6.75. The molecular formula is C15H9IN2. The molecule has 86 valence electrons. The minimum Gasteiger partial charge on any atom is -0.280 e. The van der Waals surface area contributed by atoms with Crippen LogP contribution < -0.4 is 0 Å². The Kier molecular flexibility index (Phi) is 2.11. The number of aromatic nitrogens is 2. The quantitative estimate of drug-likeness (QED) is 0.428. The fraction of sp³-hybridized carbons (Fsp3) is 0. The third-order valence-electron chi connectivity index (χ3n) is 3.33. The predicted octanol–water partition coefficient (Wildman–Crippen LogP) is 4.54. The van der Waals surface area contributed by atoms with Gasteiger partial charge in [0.05, 0.1) is 39.4 Å². The molecule has 2 nitrogen and oxygen atoms in total. The number of benzene rings is 2. The Morgan fingerprint density at radius 2 is 1.67 bits per heavy atom. The zero-order chi connectivity index (χ0) is 12.1. The number of hydrogen-bond donors (Lipinski definition) is 0. The van der Waals surface area contributed by atoms with Crippen LogP contribution in [0, 0.1) is 0 Å². The molecule has 2 aromatic carbocycles. The van der Waals surface area contributed by atoms with Crippen molar-refractivity contribution in [1.82, 2.24) is 7.76 Å². The van der Waals surface area contributed by atoms with E-state index < -0.39 is 0 Å². The lowest BCUT2D eigenvalue weighted by Crippen LogP contribution is -1.78. The van der Waals surface area contributed by atoms with Crippen LogP contribution in [0.15, 0.2) is 54.7 Å². The Morgan fingerprint density at radius 1 is 0.889 bits per heavy atom. The van der Waals surface area contributed by atoms with E-state index in [1.54, 1.807) is 0 Å². The van der Waals surface area contributed by atoms with Gasteiger partial charge >= 0.3 is 0 Å². The average Bonchev–Trinajstić information content (AvgIpc) is 2.71. The van der Waals surface area contributed by atoms with E-state index in [-0.39, 0.29) is 0 Å². The molecule has 2 heterocycles. The molecule has 0 saturated carbocycles. The molecule has 0 radical (unpaired) electrons. The summed E-state index contributed by atoms with van der Waals surface area (Å²) in [7, 11) is 0. The highest BCUT2D eigenvalue weighted by atomic mass is 127. The molecule has 0 amide bonds. The zero-order valence-corrected chi connectivity index (χ0v) is 11.6. The van der Waals surface area contributed by atoms with Crippen LogP contribution in [0.1, 0.15) is 0 Å². The molecule has 0 aliphatic carbocycles. The van der Waals surface area contributed by atoms with Gasteiger partial charge in [0.15, 0.2) is 0 Å². The van der Waals surface area contributed by atoms with Crippen LogP contribution in [0.3, 0.4) is 0 Å². The Hall–Kier alpha value is -1.62. The molecule has 0 aliphatic heterocycles. The molecule has 3 heteroatoms. The minimum absolute atomic E-state index is 1.08. The monoisotopic (exact) mass is 344 g/mol. The summed E-state index contributed by atoms with van der Waals surface area (Å²) in [6.45, 7) is 0. The van der Waals surface area contributed by atoms with E-state index in [1.807, 2.05) is 12.3 Å². The van der Waals surface area contributed by atoms with E-state index >= 15 is 0 Å². The van der Waals surface area contributed by atoms with Crippen LogP contribution in [0.4, 0.5) is 0 Å². The number of hydrogen-bond acceptors (Lipinski definition) is 1. The van der Waals surface area contributed by atoms with Gasteiger partial charge in [0, 0.05) is 11.6 Å². The first-order valence-electron chi connectivity index (χ1n) is 5.79. The molecule has 0 unspecified atom stereocenters. The van der Waals surface area contributed by atoms with E-state index in [0.29, 0.717) is 0 Å². The summed E-state index contributed by atoms with van der Waals surface area (Å²) in [6, 6.07) is 17.0. The third-order valence-corrected chi connectivity index (χ3v) is 4.37. The van der Waals surface area contributed by atoms with Crippen molar-refractivity contribution in [3.8, 4) is 0 Å². The number of pyridine rings is 1. The first kappa shape index (κ1) is 10.3. The molecule has 0 fully saturated rings. The molecule has 18 heavy (non-hydrogen) atoms. The smallest absolute Gasteiger partial charge is 0.0967 e. The van der Waals surface area contributed by atoms with Crippen molar-refractivity contribution in [1.29, 1.82) is 0 Å². The molecule has 2 aromatic heterocycles. The fourth-order valence-electron chi connectivity index (χ4n) is 2.47. The predicted molar refractivity (Wildman–Crippen MR) is 84.2 cm³/mol. The second-order valence-electron chi connectivity index (χ2n) is 4.37. The summed E-state index contributed by atoms with van der Waals surface area (Å²) in [4.78, 5) is 4.51. The second kappa shape index (κ2) is 3.68. The highest BCUT2D eigenvalue weighted by Crippen LogP contribution is 2.32. The lowest BCUT2D eigenvalue weighted by Gasteiger charge is -1.99. The molecule has 0 N–H and O–H groups in total. The number of nitrogens with zero attached hydrogens (tertiary/aromatic N) is 2. The summed E-state index contributed by atoms with van der Waals surface area (Å²) in [5.41, 5.74) is 3.47. The molecule has 4 aromatic rings. The van der Waals surface area contributed by atoms with Crippen molar-refractivity contribution in [3.05, 3.63) is 54.7 Å². The Labute approximate surface area is 118 Å². The van der Waals surface area contributed by atoms with Crippen molar-refractivity contribution < 1.29 is 0 Å². The molecule has 0 bridgehead atoms. The van der Waals surface area contributed by atoms with Gasteiger partial charge in [0.2, 0.25) is 0 Å². The van der Waals surface area contributed by atoms with Gasteiger partial charge in [-0.15, -0.1) is 0 Å². The first-order chi connectivity index (χ1) is 8.84. The van der Waals surface area contributed by atoms with E-state index in [1.165, 1.54) is 27.2 Å². The SMILES string of the molecule is In1c2cc3ccccc3cc2c2ncccc21. The van der Waals surface area contributed by atoms with Crippen molar-refractivity contribution in [3.63, 3.8) is 0 Å². The molecule has 0 aliphatic rings.